The molecule has 0 fully saturated rings. The van der Waals surface area contributed by atoms with Crippen molar-refractivity contribution in [2.45, 2.75) is 12.8 Å². The molecule has 1 heterocycles. The van der Waals surface area contributed by atoms with Crippen LogP contribution in [0.3, 0.4) is 0 Å². The van der Waals surface area contributed by atoms with Gasteiger partial charge in [-0.15, -0.1) is 5.10 Å². The van der Waals surface area contributed by atoms with Crippen LogP contribution in [0.15, 0.2) is 30.3 Å². The predicted octanol–water partition coefficient (Wildman–Crippen LogP) is 5.39. The lowest BCUT2D eigenvalue weighted by atomic mass is 10.1. The summed E-state index contributed by atoms with van der Waals surface area (Å²) in [5, 5.41) is 19.1. The molecule has 0 saturated heterocycles. The zero-order valence-corrected chi connectivity index (χ0v) is 15.1. The third-order valence-electron chi connectivity index (χ3n) is 3.59. The Morgan fingerprint density at radius 2 is 1.89 bits per heavy atom. The zero-order valence-electron chi connectivity index (χ0n) is 13.6. The Morgan fingerprint density at radius 3 is 2.57 bits per heavy atom. The fourth-order valence-corrected chi connectivity index (χ4v) is 2.98. The van der Waals surface area contributed by atoms with E-state index >= 15 is 0 Å². The summed E-state index contributed by atoms with van der Waals surface area (Å²) in [4.78, 5) is 0. The minimum atomic E-state index is -4.71. The molecule has 1 N–H and O–H groups in total. The van der Waals surface area contributed by atoms with Crippen molar-refractivity contribution >= 4 is 23.2 Å². The molecule has 0 atom stereocenters. The van der Waals surface area contributed by atoms with E-state index < -0.39 is 24.2 Å². The minimum absolute atomic E-state index is 0.00768. The number of hydrogen-bond donors (Lipinski definition) is 1. The molecule has 0 unspecified atom stereocenters. The average molecular weight is 431 g/mol. The first kappa shape index (κ1) is 19.9. The molecule has 1 aromatic heterocycles. The largest absolute Gasteiger partial charge is 0.487 e. The van der Waals surface area contributed by atoms with Crippen LogP contribution in [-0.2, 0) is 12.8 Å². The summed E-state index contributed by atoms with van der Waals surface area (Å²) in [5.41, 5.74) is -0.901. The lowest BCUT2D eigenvalue weighted by molar-refractivity contribution is -0.137. The van der Waals surface area contributed by atoms with Gasteiger partial charge in [-0.3, -0.25) is 0 Å². The van der Waals surface area contributed by atoms with Gasteiger partial charge < -0.3 is 4.74 Å². The van der Waals surface area contributed by atoms with Crippen LogP contribution >= 0.6 is 23.2 Å². The summed E-state index contributed by atoms with van der Waals surface area (Å²) in [5.74, 6) is -1.05. The zero-order chi connectivity index (χ0) is 20.5. The lowest BCUT2D eigenvalue weighted by Gasteiger charge is -2.14. The molecule has 11 heteroatoms. The maximum Gasteiger partial charge on any atom is 0.416 e. The molecular formula is C17H8Cl2F4N4O. The van der Waals surface area contributed by atoms with Crippen molar-refractivity contribution in [3.05, 3.63) is 63.0 Å². The van der Waals surface area contributed by atoms with Crippen LogP contribution < -0.4 is 4.74 Å². The van der Waals surface area contributed by atoms with Gasteiger partial charge >= 0.3 is 6.18 Å². The number of benzene rings is 2. The number of nitrogens with one attached hydrogen (secondary N) is 1. The van der Waals surface area contributed by atoms with Crippen LogP contribution in [0, 0.1) is 17.1 Å². The van der Waals surface area contributed by atoms with E-state index in [9.17, 15) is 17.6 Å². The Morgan fingerprint density at radius 1 is 1.14 bits per heavy atom. The number of halogens is 6. The Bertz CT molecular complexity index is 1080. The van der Waals surface area contributed by atoms with Crippen LogP contribution in [0.2, 0.25) is 10.0 Å². The van der Waals surface area contributed by atoms with Gasteiger partial charge in [-0.05, 0) is 35.9 Å². The van der Waals surface area contributed by atoms with Crippen LogP contribution in [0.25, 0.3) is 11.3 Å². The summed E-state index contributed by atoms with van der Waals surface area (Å²) in [6.45, 7) is -0.422. The Balaban J connectivity index is 1.98. The van der Waals surface area contributed by atoms with Crippen molar-refractivity contribution in [1.29, 1.82) is 5.26 Å². The maximum absolute atomic E-state index is 13.6. The highest BCUT2D eigenvalue weighted by Crippen LogP contribution is 2.39. The summed E-state index contributed by atoms with van der Waals surface area (Å²) < 4.78 is 57.7. The molecule has 0 aliphatic rings. The van der Waals surface area contributed by atoms with Crippen LogP contribution in [-0.4, -0.2) is 15.4 Å². The highest BCUT2D eigenvalue weighted by atomic mass is 35.5. The summed E-state index contributed by atoms with van der Waals surface area (Å²) >= 11 is 12.1. The first-order valence-electron chi connectivity index (χ1n) is 7.49. The molecule has 0 radical (unpaired) electrons. The van der Waals surface area contributed by atoms with Gasteiger partial charge in [-0.1, -0.05) is 28.4 Å². The molecule has 0 amide bonds. The lowest BCUT2D eigenvalue weighted by Crippen LogP contribution is -2.07. The normalized spacial score (nSPS) is 11.3. The van der Waals surface area contributed by atoms with E-state index in [-0.39, 0.29) is 38.3 Å². The number of alkyl halides is 3. The molecule has 2 aromatic carbocycles. The molecule has 0 aliphatic heterocycles. The van der Waals surface area contributed by atoms with Crippen LogP contribution in [0.1, 0.15) is 16.8 Å². The number of nitriles is 1. The number of nitrogens with zero attached hydrogens (tertiary/aromatic N) is 3. The van der Waals surface area contributed by atoms with E-state index in [1.54, 1.807) is 0 Å². The van der Waals surface area contributed by atoms with Gasteiger partial charge in [0, 0.05) is 5.02 Å². The van der Waals surface area contributed by atoms with Crippen molar-refractivity contribution in [2.75, 3.05) is 0 Å². The topological polar surface area (TPSA) is 74.6 Å². The van der Waals surface area contributed by atoms with Crippen molar-refractivity contribution in [3.8, 4) is 23.1 Å². The van der Waals surface area contributed by atoms with Crippen LogP contribution in [0.4, 0.5) is 17.6 Å². The minimum Gasteiger partial charge on any atom is -0.487 e. The third kappa shape index (κ3) is 4.18. The van der Waals surface area contributed by atoms with Gasteiger partial charge in [-0.25, -0.2) is 9.49 Å². The summed E-state index contributed by atoms with van der Waals surface area (Å²) in [6.07, 6.45) is -4.71. The quantitative estimate of drug-likeness (QED) is 0.563. The van der Waals surface area contributed by atoms with E-state index in [0.29, 0.717) is 6.07 Å². The highest BCUT2D eigenvalue weighted by molar-refractivity contribution is 6.36. The fraction of sp³-hybridized carbons (Fsp3) is 0.118. The highest BCUT2D eigenvalue weighted by Gasteiger charge is 2.31. The number of aromatic amines is 1. The first-order chi connectivity index (χ1) is 13.2. The third-order valence-corrected chi connectivity index (χ3v) is 4.09. The van der Waals surface area contributed by atoms with Gasteiger partial charge in [0.15, 0.2) is 5.69 Å². The van der Waals surface area contributed by atoms with Gasteiger partial charge in [0.05, 0.1) is 16.1 Å². The molecule has 0 aliphatic carbocycles. The molecule has 28 heavy (non-hydrogen) atoms. The summed E-state index contributed by atoms with van der Waals surface area (Å²) in [7, 11) is 0. The summed E-state index contributed by atoms with van der Waals surface area (Å²) in [6, 6.07) is 6.67. The monoisotopic (exact) mass is 430 g/mol. The van der Waals surface area contributed by atoms with Crippen molar-refractivity contribution < 1.29 is 22.3 Å². The molecule has 144 valence electrons. The second-order valence-electron chi connectivity index (χ2n) is 5.55. The van der Waals surface area contributed by atoms with Gasteiger partial charge in [-0.2, -0.15) is 18.4 Å². The smallest absolute Gasteiger partial charge is 0.416 e. The molecule has 0 saturated carbocycles. The van der Waals surface area contributed by atoms with Gasteiger partial charge in [0.25, 0.3) is 0 Å². The van der Waals surface area contributed by atoms with E-state index in [2.05, 4.69) is 15.4 Å². The van der Waals surface area contributed by atoms with E-state index in [0.717, 1.165) is 12.1 Å². The second-order valence-corrected chi connectivity index (χ2v) is 6.39. The molecule has 3 aromatic rings. The number of ether oxygens (including phenoxy) is 1. The molecule has 0 spiro atoms. The number of H-pyrrole nitrogens is 1. The first-order valence-corrected chi connectivity index (χ1v) is 8.24. The second kappa shape index (κ2) is 7.66. The van der Waals surface area contributed by atoms with Gasteiger partial charge in [0.1, 0.15) is 29.9 Å². The fourth-order valence-electron chi connectivity index (χ4n) is 2.43. The Kier molecular flexibility index (Phi) is 5.45. The van der Waals surface area contributed by atoms with Crippen molar-refractivity contribution in [3.63, 3.8) is 0 Å². The Labute approximate surface area is 165 Å². The van der Waals surface area contributed by atoms with Crippen molar-refractivity contribution in [1.82, 2.24) is 15.4 Å². The van der Waals surface area contributed by atoms with Crippen LogP contribution in [0.5, 0.6) is 5.75 Å². The Hall–Kier alpha value is -2.83. The molecule has 5 nitrogen and oxygen atoms in total. The standard InChI is InChI=1S/C17H8Cl2F4N4O/c18-10-4-12(15-14(6-24)25-27-26-15)16(13(19)5-10)28-7-8-1-9(17(21,22)23)3-11(20)2-8/h1-5H,7H2,(H,25,26,27). The SMILES string of the molecule is N#Cc1[nH]nnc1-c1cc(Cl)cc(Cl)c1OCc1cc(F)cc(C(F)(F)F)c1. The molecular weight excluding hydrogens is 423 g/mol. The average Bonchev–Trinajstić information content (AvgIpc) is 3.07. The number of rotatable bonds is 4. The van der Waals surface area contributed by atoms with E-state index in [1.807, 2.05) is 6.07 Å². The number of aromatic nitrogens is 3. The number of hydrogen-bond acceptors (Lipinski definition) is 4. The van der Waals surface area contributed by atoms with Crippen molar-refractivity contribution in [2.24, 2.45) is 0 Å². The maximum atomic E-state index is 13.6. The van der Waals surface area contributed by atoms with Gasteiger partial charge in [0.2, 0.25) is 0 Å². The van der Waals surface area contributed by atoms with E-state index in [4.69, 9.17) is 33.2 Å². The predicted molar refractivity (Wildman–Crippen MR) is 92.3 cm³/mol. The van der Waals surface area contributed by atoms with E-state index in [1.165, 1.54) is 12.1 Å². The molecule has 0 bridgehead atoms. The molecule has 3 rings (SSSR count).